The summed E-state index contributed by atoms with van der Waals surface area (Å²) >= 11 is 0. The number of aryl methyl sites for hydroxylation is 1. The highest BCUT2D eigenvalue weighted by atomic mass is 16.6. The van der Waals surface area contributed by atoms with Crippen LogP contribution in [0.2, 0.25) is 0 Å². The number of benzene rings is 1. The van der Waals surface area contributed by atoms with Gasteiger partial charge in [-0.25, -0.2) is 0 Å². The lowest BCUT2D eigenvalue weighted by molar-refractivity contribution is -0.181. The van der Waals surface area contributed by atoms with Crippen molar-refractivity contribution < 1.29 is 14.3 Å². The fraction of sp³-hybridized carbons (Fsp3) is 0.462. The van der Waals surface area contributed by atoms with Crippen molar-refractivity contribution >= 4 is 5.97 Å². The Bertz CT molecular complexity index is 387. The fourth-order valence-corrected chi connectivity index (χ4v) is 2.39. The molecular formula is C13H14O3. The van der Waals surface area contributed by atoms with E-state index in [1.807, 2.05) is 18.2 Å². The molecule has 0 unspecified atom stereocenters. The summed E-state index contributed by atoms with van der Waals surface area (Å²) in [6, 6.07) is 10.3. The van der Waals surface area contributed by atoms with Gasteiger partial charge in [-0.3, -0.25) is 4.79 Å². The molecule has 2 aliphatic rings. The van der Waals surface area contributed by atoms with E-state index in [0.29, 0.717) is 6.61 Å². The Morgan fingerprint density at radius 3 is 2.75 bits per heavy atom. The molecule has 84 valence electrons. The quantitative estimate of drug-likeness (QED) is 0.722. The van der Waals surface area contributed by atoms with Crippen LogP contribution in [0.4, 0.5) is 0 Å². The zero-order valence-electron chi connectivity index (χ0n) is 8.96. The largest absolute Gasteiger partial charge is 0.458 e. The van der Waals surface area contributed by atoms with Gasteiger partial charge in [0.25, 0.3) is 0 Å². The monoisotopic (exact) mass is 218 g/mol. The maximum Gasteiger partial charge on any atom is 0.315 e. The lowest BCUT2D eigenvalue weighted by atomic mass is 9.93. The lowest BCUT2D eigenvalue weighted by Gasteiger charge is -2.30. The molecule has 1 aromatic rings. The van der Waals surface area contributed by atoms with Gasteiger partial charge in [-0.05, 0) is 18.4 Å². The molecule has 3 atom stereocenters. The maximum absolute atomic E-state index is 11.0. The van der Waals surface area contributed by atoms with Crippen LogP contribution in [-0.2, 0) is 20.7 Å². The fourth-order valence-electron chi connectivity index (χ4n) is 2.39. The van der Waals surface area contributed by atoms with Crippen LogP contribution in [0.25, 0.3) is 0 Å². The predicted octanol–water partition coefficient (Wildman–Crippen LogP) is 1.56. The summed E-state index contributed by atoms with van der Waals surface area (Å²) in [5, 5.41) is 0. The van der Waals surface area contributed by atoms with E-state index >= 15 is 0 Å². The van der Waals surface area contributed by atoms with E-state index in [1.54, 1.807) is 0 Å². The second kappa shape index (κ2) is 3.91. The van der Waals surface area contributed by atoms with Crippen molar-refractivity contribution in [2.24, 2.45) is 5.92 Å². The molecular weight excluding hydrogens is 204 g/mol. The van der Waals surface area contributed by atoms with Gasteiger partial charge in [0, 0.05) is 0 Å². The molecule has 3 rings (SSSR count). The summed E-state index contributed by atoms with van der Waals surface area (Å²) < 4.78 is 10.7. The van der Waals surface area contributed by atoms with Gasteiger partial charge in [-0.2, -0.15) is 0 Å². The number of ether oxygens (including phenoxy) is 2. The highest BCUT2D eigenvalue weighted by molar-refractivity contribution is 5.79. The van der Waals surface area contributed by atoms with Crippen molar-refractivity contribution in [1.29, 1.82) is 0 Å². The molecule has 0 aliphatic carbocycles. The van der Waals surface area contributed by atoms with Gasteiger partial charge in [0.15, 0.2) is 0 Å². The second-order valence-corrected chi connectivity index (χ2v) is 4.40. The van der Waals surface area contributed by atoms with E-state index < -0.39 is 0 Å². The lowest BCUT2D eigenvalue weighted by Crippen LogP contribution is -2.47. The summed E-state index contributed by atoms with van der Waals surface area (Å²) in [5.74, 6) is -0.0759. The van der Waals surface area contributed by atoms with Crippen LogP contribution in [-0.4, -0.2) is 24.8 Å². The molecule has 2 heterocycles. The highest BCUT2D eigenvalue weighted by Gasteiger charge is 2.52. The van der Waals surface area contributed by atoms with Gasteiger partial charge in [-0.15, -0.1) is 0 Å². The topological polar surface area (TPSA) is 35.5 Å². The number of hydrogen-bond donors (Lipinski definition) is 0. The van der Waals surface area contributed by atoms with E-state index in [4.69, 9.17) is 9.47 Å². The van der Waals surface area contributed by atoms with Gasteiger partial charge in [0.05, 0.1) is 12.7 Å². The molecule has 0 radical (unpaired) electrons. The van der Waals surface area contributed by atoms with Crippen molar-refractivity contribution in [2.75, 3.05) is 6.61 Å². The molecule has 3 heteroatoms. The first-order chi connectivity index (χ1) is 7.84. The summed E-state index contributed by atoms with van der Waals surface area (Å²) in [6.07, 6.45) is 2.03. The third kappa shape index (κ3) is 1.61. The number of carbonyl (C=O) groups excluding carboxylic acids is 1. The standard InChI is InChI=1S/C13H14O3/c14-13-10-8-15-11(12(10)16-13)7-6-9-4-2-1-3-5-9/h1-5,10-12H,6-8H2/t10-,11-,12-/m1/s1. The highest BCUT2D eigenvalue weighted by Crippen LogP contribution is 2.35. The smallest absolute Gasteiger partial charge is 0.315 e. The summed E-state index contributed by atoms with van der Waals surface area (Å²) in [6.45, 7) is 0.545. The normalized spacial score (nSPS) is 31.8. The van der Waals surface area contributed by atoms with Crippen molar-refractivity contribution in [1.82, 2.24) is 0 Å². The first-order valence-corrected chi connectivity index (χ1v) is 5.70. The summed E-state index contributed by atoms with van der Waals surface area (Å²) in [5.41, 5.74) is 1.31. The molecule has 0 spiro atoms. The van der Waals surface area contributed by atoms with E-state index in [0.717, 1.165) is 12.8 Å². The van der Waals surface area contributed by atoms with Gasteiger partial charge < -0.3 is 9.47 Å². The maximum atomic E-state index is 11.0. The number of carbonyl (C=O) groups is 1. The number of hydrogen-bond acceptors (Lipinski definition) is 3. The first-order valence-electron chi connectivity index (χ1n) is 5.70. The van der Waals surface area contributed by atoms with E-state index in [1.165, 1.54) is 5.56 Å². The Labute approximate surface area is 94.4 Å². The third-order valence-electron chi connectivity index (χ3n) is 3.37. The molecule has 2 saturated heterocycles. The van der Waals surface area contributed by atoms with E-state index in [2.05, 4.69) is 12.1 Å². The minimum absolute atomic E-state index is 0.0146. The summed E-state index contributed by atoms with van der Waals surface area (Å²) in [4.78, 5) is 11.0. The molecule has 0 saturated carbocycles. The Balaban J connectivity index is 1.55. The second-order valence-electron chi connectivity index (χ2n) is 4.40. The van der Waals surface area contributed by atoms with Gasteiger partial charge >= 0.3 is 5.97 Å². The molecule has 0 aromatic heterocycles. The zero-order chi connectivity index (χ0) is 11.0. The first kappa shape index (κ1) is 9.85. The number of esters is 1. The van der Waals surface area contributed by atoms with Crippen molar-refractivity contribution in [3.63, 3.8) is 0 Å². The van der Waals surface area contributed by atoms with Crippen LogP contribution in [0, 0.1) is 5.92 Å². The predicted molar refractivity (Wildman–Crippen MR) is 57.9 cm³/mol. The van der Waals surface area contributed by atoms with Gasteiger partial charge in [-0.1, -0.05) is 30.3 Å². The molecule has 2 aliphatic heterocycles. The van der Waals surface area contributed by atoms with E-state index in [-0.39, 0.29) is 24.1 Å². The van der Waals surface area contributed by atoms with Crippen LogP contribution in [0.1, 0.15) is 12.0 Å². The number of fused-ring (bicyclic) bond motifs is 1. The third-order valence-corrected chi connectivity index (χ3v) is 3.37. The average molecular weight is 218 g/mol. The SMILES string of the molecule is O=C1O[C@H]2[C@@H](CCc3ccccc3)OC[C@@H]12. The van der Waals surface area contributed by atoms with Gasteiger partial charge in [0.2, 0.25) is 0 Å². The van der Waals surface area contributed by atoms with Crippen LogP contribution < -0.4 is 0 Å². The van der Waals surface area contributed by atoms with E-state index in [9.17, 15) is 4.79 Å². The Morgan fingerprint density at radius 1 is 1.25 bits per heavy atom. The minimum atomic E-state index is -0.0905. The van der Waals surface area contributed by atoms with Gasteiger partial charge in [0.1, 0.15) is 12.0 Å². The van der Waals surface area contributed by atoms with Crippen LogP contribution in [0.15, 0.2) is 30.3 Å². The molecule has 0 bridgehead atoms. The molecule has 1 aromatic carbocycles. The van der Waals surface area contributed by atoms with Crippen molar-refractivity contribution in [2.45, 2.75) is 25.0 Å². The van der Waals surface area contributed by atoms with Crippen LogP contribution in [0.3, 0.4) is 0 Å². The molecule has 0 N–H and O–H groups in total. The minimum Gasteiger partial charge on any atom is -0.458 e. The summed E-state index contributed by atoms with van der Waals surface area (Å²) in [7, 11) is 0. The van der Waals surface area contributed by atoms with Crippen molar-refractivity contribution in [3.05, 3.63) is 35.9 Å². The van der Waals surface area contributed by atoms with Crippen LogP contribution in [0.5, 0.6) is 0 Å². The van der Waals surface area contributed by atoms with Crippen LogP contribution >= 0.6 is 0 Å². The molecule has 16 heavy (non-hydrogen) atoms. The average Bonchev–Trinajstić information content (AvgIpc) is 2.64. The Kier molecular flexibility index (Phi) is 2.40. The van der Waals surface area contributed by atoms with Crippen molar-refractivity contribution in [3.8, 4) is 0 Å². The zero-order valence-corrected chi connectivity index (χ0v) is 8.96. The number of rotatable bonds is 3. The molecule has 3 nitrogen and oxygen atoms in total. The Hall–Kier alpha value is -1.35. The molecule has 2 fully saturated rings. The Morgan fingerprint density at radius 2 is 2.06 bits per heavy atom. The molecule has 0 amide bonds.